The van der Waals surface area contributed by atoms with Gasteiger partial charge in [-0.2, -0.15) is 11.8 Å². The topological polar surface area (TPSA) is 32.3 Å². The molecule has 0 fully saturated rings. The Morgan fingerprint density at radius 2 is 2.11 bits per heavy atom. The van der Waals surface area contributed by atoms with Crippen molar-refractivity contribution in [3.8, 4) is 0 Å². The molecule has 2 nitrogen and oxygen atoms in total. The van der Waals surface area contributed by atoms with Gasteiger partial charge in [-0.15, -0.1) is 0 Å². The number of hydrogen-bond acceptors (Lipinski definition) is 3. The fourth-order valence-corrected chi connectivity index (χ4v) is 2.51. The lowest BCUT2D eigenvalue weighted by molar-refractivity contribution is 0.165. The molecule has 19 heavy (non-hydrogen) atoms. The van der Waals surface area contributed by atoms with Crippen molar-refractivity contribution in [1.29, 1.82) is 0 Å². The van der Waals surface area contributed by atoms with Crippen LogP contribution in [0.25, 0.3) is 0 Å². The van der Waals surface area contributed by atoms with E-state index in [0.29, 0.717) is 0 Å². The van der Waals surface area contributed by atoms with Gasteiger partial charge in [-0.1, -0.05) is 13.0 Å². The van der Waals surface area contributed by atoms with Crippen LogP contribution in [0.2, 0.25) is 0 Å². The van der Waals surface area contributed by atoms with Crippen molar-refractivity contribution in [3.05, 3.63) is 35.4 Å². The van der Waals surface area contributed by atoms with Gasteiger partial charge >= 0.3 is 0 Å². The van der Waals surface area contributed by atoms with Crippen LogP contribution in [0.4, 0.5) is 8.78 Å². The molecule has 0 spiro atoms. The third-order valence-electron chi connectivity index (χ3n) is 2.88. The zero-order chi connectivity index (χ0) is 14.3. The molecule has 0 bridgehead atoms. The second-order valence-corrected chi connectivity index (χ2v) is 5.87. The van der Waals surface area contributed by atoms with Crippen LogP contribution >= 0.6 is 11.8 Å². The number of hydrogen-bond donors (Lipinski definition) is 2. The van der Waals surface area contributed by atoms with E-state index in [4.69, 9.17) is 0 Å². The van der Waals surface area contributed by atoms with Crippen molar-refractivity contribution in [2.45, 2.75) is 32.4 Å². The summed E-state index contributed by atoms with van der Waals surface area (Å²) in [6.45, 7) is 4.41. The average molecular weight is 289 g/mol. The molecular weight excluding hydrogens is 268 g/mol. The Morgan fingerprint density at radius 1 is 1.37 bits per heavy atom. The van der Waals surface area contributed by atoms with Crippen molar-refractivity contribution < 1.29 is 13.9 Å². The number of aliphatic hydroxyl groups is 1. The molecule has 1 aromatic carbocycles. The highest BCUT2D eigenvalue weighted by molar-refractivity contribution is 7.99. The summed E-state index contributed by atoms with van der Waals surface area (Å²) in [7, 11) is 0. The molecule has 0 radical (unpaired) electrons. The van der Waals surface area contributed by atoms with Crippen molar-refractivity contribution in [2.75, 3.05) is 18.1 Å². The molecule has 2 N–H and O–H groups in total. The van der Waals surface area contributed by atoms with Crippen molar-refractivity contribution >= 4 is 11.8 Å². The van der Waals surface area contributed by atoms with Gasteiger partial charge in [0, 0.05) is 24.2 Å². The first-order valence-corrected chi connectivity index (χ1v) is 7.64. The summed E-state index contributed by atoms with van der Waals surface area (Å²) in [4.78, 5) is 0. The van der Waals surface area contributed by atoms with E-state index in [-0.39, 0.29) is 18.2 Å². The fraction of sp³-hybridized carbons (Fsp3) is 0.571. The molecule has 0 aliphatic carbocycles. The summed E-state index contributed by atoms with van der Waals surface area (Å²) in [6.07, 6.45) is 0.0406. The van der Waals surface area contributed by atoms with Crippen LogP contribution < -0.4 is 5.32 Å². The van der Waals surface area contributed by atoms with Gasteiger partial charge in [0.2, 0.25) is 0 Å². The lowest BCUT2D eigenvalue weighted by atomic mass is 10.1. The highest BCUT2D eigenvalue weighted by Gasteiger charge is 2.14. The van der Waals surface area contributed by atoms with Crippen LogP contribution in [0.15, 0.2) is 18.2 Å². The highest BCUT2D eigenvalue weighted by atomic mass is 32.2. The van der Waals surface area contributed by atoms with Crippen LogP contribution in [0.1, 0.15) is 31.9 Å². The fourth-order valence-electron chi connectivity index (χ4n) is 1.70. The van der Waals surface area contributed by atoms with E-state index < -0.39 is 17.7 Å². The number of rotatable bonds is 8. The molecule has 0 aliphatic rings. The van der Waals surface area contributed by atoms with Crippen molar-refractivity contribution in [2.24, 2.45) is 0 Å². The summed E-state index contributed by atoms with van der Waals surface area (Å²) in [5.74, 6) is 0.816. The second kappa shape index (κ2) is 8.51. The van der Waals surface area contributed by atoms with Crippen LogP contribution in [-0.2, 0) is 0 Å². The molecule has 5 heteroatoms. The summed E-state index contributed by atoms with van der Waals surface area (Å²) in [6, 6.07) is 3.49. The van der Waals surface area contributed by atoms with Crippen LogP contribution in [0.5, 0.6) is 0 Å². The van der Waals surface area contributed by atoms with Crippen LogP contribution in [0.3, 0.4) is 0 Å². The Hall–Kier alpha value is -0.650. The molecule has 108 valence electrons. The number of nitrogens with one attached hydrogen (secondary N) is 1. The number of thioether (sulfide) groups is 1. The first kappa shape index (κ1) is 16.4. The maximum Gasteiger partial charge on any atom is 0.131 e. The SMILES string of the molecule is CCSCCC(C)NCC(O)c1ccc(F)cc1F. The minimum atomic E-state index is -0.957. The van der Waals surface area contributed by atoms with Crippen LogP contribution in [-0.4, -0.2) is 29.2 Å². The molecule has 2 atom stereocenters. The average Bonchev–Trinajstić information content (AvgIpc) is 2.36. The van der Waals surface area contributed by atoms with E-state index in [1.54, 1.807) is 0 Å². The summed E-state index contributed by atoms with van der Waals surface area (Å²) < 4.78 is 26.2. The molecule has 0 saturated heterocycles. The predicted octanol–water partition coefficient (Wildman–Crippen LogP) is 3.12. The molecular formula is C14H21F2NOS. The monoisotopic (exact) mass is 289 g/mol. The first-order chi connectivity index (χ1) is 9.04. The number of benzene rings is 1. The standard InChI is InChI=1S/C14H21F2NOS/c1-3-19-7-6-10(2)17-9-14(18)12-5-4-11(15)8-13(12)16/h4-5,8,10,14,17-18H,3,6-7,9H2,1-2H3. The Kier molecular flexibility index (Phi) is 7.34. The molecule has 1 aromatic rings. The van der Waals surface area contributed by atoms with Gasteiger partial charge in [-0.25, -0.2) is 8.78 Å². The van der Waals surface area contributed by atoms with Gasteiger partial charge in [0.05, 0.1) is 6.10 Å². The molecule has 0 amide bonds. The Bertz CT molecular complexity index is 390. The summed E-state index contributed by atoms with van der Waals surface area (Å²) in [5.41, 5.74) is 0.129. The van der Waals surface area contributed by atoms with Crippen molar-refractivity contribution in [3.63, 3.8) is 0 Å². The third-order valence-corrected chi connectivity index (χ3v) is 3.81. The number of aliphatic hydroxyl groups excluding tert-OH is 1. The molecule has 1 rings (SSSR count). The minimum Gasteiger partial charge on any atom is -0.387 e. The zero-order valence-electron chi connectivity index (χ0n) is 11.3. The molecule has 0 aliphatic heterocycles. The molecule has 0 aromatic heterocycles. The van der Waals surface area contributed by atoms with Crippen LogP contribution in [0, 0.1) is 11.6 Å². The van der Waals surface area contributed by atoms with E-state index in [1.807, 2.05) is 18.7 Å². The van der Waals surface area contributed by atoms with Crippen molar-refractivity contribution in [1.82, 2.24) is 5.32 Å². The lowest BCUT2D eigenvalue weighted by Gasteiger charge is -2.17. The van der Waals surface area contributed by atoms with Gasteiger partial charge in [-0.05, 0) is 30.9 Å². The van der Waals surface area contributed by atoms with E-state index in [0.717, 1.165) is 30.1 Å². The van der Waals surface area contributed by atoms with E-state index >= 15 is 0 Å². The first-order valence-electron chi connectivity index (χ1n) is 6.48. The molecule has 0 saturated carbocycles. The lowest BCUT2D eigenvalue weighted by Crippen LogP contribution is -2.31. The summed E-state index contributed by atoms with van der Waals surface area (Å²) in [5, 5.41) is 13.0. The van der Waals surface area contributed by atoms with Gasteiger partial charge in [0.1, 0.15) is 11.6 Å². The van der Waals surface area contributed by atoms with Gasteiger partial charge in [0.15, 0.2) is 0 Å². The Balaban J connectivity index is 2.40. The smallest absolute Gasteiger partial charge is 0.131 e. The van der Waals surface area contributed by atoms with Gasteiger partial charge < -0.3 is 10.4 Å². The molecule has 0 heterocycles. The summed E-state index contributed by atoms with van der Waals surface area (Å²) >= 11 is 1.87. The maximum atomic E-state index is 13.4. The minimum absolute atomic E-state index is 0.129. The Labute approximate surface area is 117 Å². The van der Waals surface area contributed by atoms with E-state index in [2.05, 4.69) is 12.2 Å². The zero-order valence-corrected chi connectivity index (χ0v) is 12.1. The largest absolute Gasteiger partial charge is 0.387 e. The highest BCUT2D eigenvalue weighted by Crippen LogP contribution is 2.17. The van der Waals surface area contributed by atoms with Gasteiger partial charge in [0.25, 0.3) is 0 Å². The second-order valence-electron chi connectivity index (χ2n) is 4.48. The predicted molar refractivity (Wildman–Crippen MR) is 76.4 cm³/mol. The van der Waals surface area contributed by atoms with E-state index in [9.17, 15) is 13.9 Å². The Morgan fingerprint density at radius 3 is 2.74 bits per heavy atom. The quantitative estimate of drug-likeness (QED) is 0.721. The molecule has 2 unspecified atom stereocenters. The third kappa shape index (κ3) is 5.89. The number of halogens is 2. The maximum absolute atomic E-state index is 13.4. The van der Waals surface area contributed by atoms with Gasteiger partial charge in [-0.3, -0.25) is 0 Å². The normalized spacial score (nSPS) is 14.4. The van der Waals surface area contributed by atoms with E-state index in [1.165, 1.54) is 6.07 Å².